The summed E-state index contributed by atoms with van der Waals surface area (Å²) in [7, 11) is 1.85. The number of nitrogens with one attached hydrogen (secondary N) is 1. The summed E-state index contributed by atoms with van der Waals surface area (Å²) in [6.07, 6.45) is 1.69. The van der Waals surface area contributed by atoms with Crippen molar-refractivity contribution in [3.05, 3.63) is 41.2 Å². The lowest BCUT2D eigenvalue weighted by molar-refractivity contribution is 0.707. The van der Waals surface area contributed by atoms with Crippen LogP contribution < -0.4 is 0 Å². The molecule has 2 aromatic heterocycles. The summed E-state index contributed by atoms with van der Waals surface area (Å²) in [6.45, 7) is 0.587. The number of fused-ring (bicyclic) bond motifs is 1. The van der Waals surface area contributed by atoms with Crippen LogP contribution in [-0.4, -0.2) is 24.3 Å². The molecule has 5 nitrogen and oxygen atoms in total. The highest BCUT2D eigenvalue weighted by Crippen LogP contribution is 2.14. The molecule has 0 aliphatic rings. The minimum absolute atomic E-state index is 0.587. The third-order valence-corrected chi connectivity index (χ3v) is 2.95. The molecule has 0 amide bonds. The van der Waals surface area contributed by atoms with Crippen LogP contribution in [0.2, 0.25) is 0 Å². The summed E-state index contributed by atoms with van der Waals surface area (Å²) in [6, 6.07) is 8.02. The number of nitrogens with zero attached hydrogens (tertiary/aromatic N) is 4. The molecule has 3 aromatic rings. The molecule has 0 radical (unpaired) electrons. The van der Waals surface area contributed by atoms with Crippen LogP contribution in [0.1, 0.15) is 5.82 Å². The summed E-state index contributed by atoms with van der Waals surface area (Å²) in [5.74, 6) is 0.758. The number of aromatic nitrogens is 5. The maximum absolute atomic E-state index is 5.30. The fourth-order valence-corrected chi connectivity index (χ4v) is 2.13. The van der Waals surface area contributed by atoms with Gasteiger partial charge in [-0.25, -0.2) is 4.98 Å². The van der Waals surface area contributed by atoms with Crippen LogP contribution in [0.5, 0.6) is 0 Å². The highest BCUT2D eigenvalue weighted by atomic mass is 32.1. The summed E-state index contributed by atoms with van der Waals surface area (Å²) in [5, 5.41) is 4.26. The van der Waals surface area contributed by atoms with E-state index in [1.165, 1.54) is 0 Å². The van der Waals surface area contributed by atoms with E-state index in [4.69, 9.17) is 12.2 Å². The van der Waals surface area contributed by atoms with Crippen molar-refractivity contribution in [1.29, 1.82) is 0 Å². The maximum atomic E-state index is 5.30. The third kappa shape index (κ3) is 1.76. The Morgan fingerprint density at radius 2 is 2.18 bits per heavy atom. The first kappa shape index (κ1) is 10.2. The lowest BCUT2D eigenvalue weighted by Gasteiger charge is -2.00. The van der Waals surface area contributed by atoms with Crippen molar-refractivity contribution in [2.45, 2.75) is 6.54 Å². The van der Waals surface area contributed by atoms with Crippen molar-refractivity contribution < 1.29 is 0 Å². The van der Waals surface area contributed by atoms with Crippen LogP contribution in [0.4, 0.5) is 0 Å². The number of hydrogen-bond acceptors (Lipinski definition) is 3. The van der Waals surface area contributed by atoms with Gasteiger partial charge in [-0.15, -0.1) is 0 Å². The predicted molar refractivity (Wildman–Crippen MR) is 67.2 cm³/mol. The molecule has 0 saturated carbocycles. The first-order valence-electron chi connectivity index (χ1n) is 5.26. The Bertz CT molecular complexity index is 721. The normalized spacial score (nSPS) is 11.1. The molecular weight excluding hydrogens is 234 g/mol. The van der Waals surface area contributed by atoms with Gasteiger partial charge < -0.3 is 9.55 Å². The Morgan fingerprint density at radius 1 is 1.35 bits per heavy atom. The number of para-hydroxylation sites is 2. The van der Waals surface area contributed by atoms with Gasteiger partial charge in [-0.05, 0) is 24.4 Å². The van der Waals surface area contributed by atoms with Gasteiger partial charge in [-0.1, -0.05) is 12.1 Å². The second-order valence-electron chi connectivity index (χ2n) is 3.87. The Labute approximate surface area is 103 Å². The maximum Gasteiger partial charge on any atom is 0.178 e. The van der Waals surface area contributed by atoms with Gasteiger partial charge in [0.1, 0.15) is 6.33 Å². The summed E-state index contributed by atoms with van der Waals surface area (Å²) < 4.78 is 4.38. The van der Waals surface area contributed by atoms with Crippen molar-refractivity contribution in [2.24, 2.45) is 7.05 Å². The number of rotatable bonds is 2. The van der Waals surface area contributed by atoms with Crippen LogP contribution in [0.15, 0.2) is 30.6 Å². The number of H-pyrrole nitrogens is 1. The first-order valence-corrected chi connectivity index (χ1v) is 5.67. The monoisotopic (exact) mass is 245 g/mol. The zero-order chi connectivity index (χ0) is 11.8. The summed E-state index contributed by atoms with van der Waals surface area (Å²) in [5.41, 5.74) is 2.11. The van der Waals surface area contributed by atoms with Crippen LogP contribution >= 0.6 is 12.2 Å². The average Bonchev–Trinajstić information content (AvgIpc) is 2.85. The molecule has 86 valence electrons. The highest BCUT2D eigenvalue weighted by Gasteiger charge is 2.06. The molecule has 17 heavy (non-hydrogen) atoms. The lowest BCUT2D eigenvalue weighted by Crippen LogP contribution is -2.02. The minimum atomic E-state index is 0.587. The van der Waals surface area contributed by atoms with Gasteiger partial charge in [0.05, 0.1) is 17.6 Å². The number of aromatic amines is 1. The Kier molecular flexibility index (Phi) is 2.29. The molecule has 0 aliphatic carbocycles. The van der Waals surface area contributed by atoms with E-state index >= 15 is 0 Å². The fourth-order valence-electron chi connectivity index (χ4n) is 1.86. The van der Waals surface area contributed by atoms with E-state index in [0.717, 1.165) is 16.9 Å². The number of aryl methyl sites for hydroxylation is 1. The van der Waals surface area contributed by atoms with Crippen LogP contribution in [0, 0.1) is 4.77 Å². The Balaban J connectivity index is 2.11. The molecule has 1 aromatic carbocycles. The highest BCUT2D eigenvalue weighted by molar-refractivity contribution is 7.71. The molecule has 3 rings (SSSR count). The van der Waals surface area contributed by atoms with Gasteiger partial charge in [0.15, 0.2) is 10.6 Å². The van der Waals surface area contributed by atoms with Crippen LogP contribution in [0.3, 0.4) is 0 Å². The molecule has 6 heteroatoms. The van der Waals surface area contributed by atoms with Gasteiger partial charge in [0, 0.05) is 7.05 Å². The molecule has 1 N–H and O–H groups in total. The second kappa shape index (κ2) is 3.81. The number of imidazole rings is 1. The van der Waals surface area contributed by atoms with Crippen molar-refractivity contribution >= 4 is 23.3 Å². The molecular formula is C11H11N5S. The quantitative estimate of drug-likeness (QED) is 0.701. The summed E-state index contributed by atoms with van der Waals surface area (Å²) >= 11 is 5.30. The topological polar surface area (TPSA) is 51.4 Å². The van der Waals surface area contributed by atoms with Gasteiger partial charge in [-0.3, -0.25) is 4.68 Å². The van der Waals surface area contributed by atoms with Gasteiger partial charge in [0.25, 0.3) is 0 Å². The third-order valence-electron chi connectivity index (χ3n) is 2.63. The number of benzene rings is 1. The van der Waals surface area contributed by atoms with Gasteiger partial charge >= 0.3 is 0 Å². The second-order valence-corrected chi connectivity index (χ2v) is 4.25. The predicted octanol–water partition coefficient (Wildman–Crippen LogP) is 1.88. The van der Waals surface area contributed by atoms with Crippen LogP contribution in [0.25, 0.3) is 11.0 Å². The first-order chi connectivity index (χ1) is 8.24. The van der Waals surface area contributed by atoms with Gasteiger partial charge in [-0.2, -0.15) is 5.10 Å². The van der Waals surface area contributed by atoms with E-state index in [-0.39, 0.29) is 0 Å². The molecule has 0 unspecified atom stereocenters. The van der Waals surface area contributed by atoms with Crippen molar-refractivity contribution in [2.75, 3.05) is 0 Å². The zero-order valence-electron chi connectivity index (χ0n) is 9.29. The van der Waals surface area contributed by atoms with Crippen LogP contribution in [-0.2, 0) is 13.6 Å². The summed E-state index contributed by atoms with van der Waals surface area (Å²) in [4.78, 5) is 7.38. The van der Waals surface area contributed by atoms with E-state index in [2.05, 4.69) is 15.1 Å². The molecule has 0 bridgehead atoms. The van der Waals surface area contributed by atoms with Gasteiger partial charge in [0.2, 0.25) is 0 Å². The molecule has 0 spiro atoms. The molecule has 0 aliphatic heterocycles. The largest absolute Gasteiger partial charge is 0.331 e. The van der Waals surface area contributed by atoms with E-state index < -0.39 is 0 Å². The standard InChI is InChI=1S/C11H11N5S/c1-15-7-12-10(14-15)6-16-9-5-3-2-4-8(9)13-11(16)17/h2-5,7H,6H2,1H3,(H,13,17). The number of hydrogen-bond donors (Lipinski definition) is 1. The molecule has 0 atom stereocenters. The SMILES string of the molecule is Cn1cnc(Cn2c(=S)[nH]c3ccccc32)n1. The molecule has 0 saturated heterocycles. The lowest BCUT2D eigenvalue weighted by atomic mass is 10.3. The average molecular weight is 245 g/mol. The van der Waals surface area contributed by atoms with E-state index in [1.807, 2.05) is 35.9 Å². The van der Waals surface area contributed by atoms with Crippen molar-refractivity contribution in [3.8, 4) is 0 Å². The van der Waals surface area contributed by atoms with E-state index in [1.54, 1.807) is 11.0 Å². The molecule has 0 fully saturated rings. The Hall–Kier alpha value is -1.95. The van der Waals surface area contributed by atoms with Crippen molar-refractivity contribution in [1.82, 2.24) is 24.3 Å². The van der Waals surface area contributed by atoms with E-state index in [9.17, 15) is 0 Å². The Morgan fingerprint density at radius 3 is 2.94 bits per heavy atom. The molecule has 2 heterocycles. The van der Waals surface area contributed by atoms with E-state index in [0.29, 0.717) is 11.3 Å². The fraction of sp³-hybridized carbons (Fsp3) is 0.182. The minimum Gasteiger partial charge on any atom is -0.331 e. The van der Waals surface area contributed by atoms with Crippen molar-refractivity contribution in [3.63, 3.8) is 0 Å². The smallest absolute Gasteiger partial charge is 0.178 e. The zero-order valence-corrected chi connectivity index (χ0v) is 10.1.